The molecule has 10 nitrogen and oxygen atoms in total. The van der Waals surface area contributed by atoms with E-state index in [1.54, 1.807) is 0 Å². The van der Waals surface area contributed by atoms with Gasteiger partial charge in [-0.05, 0) is 0 Å². The maximum Gasteiger partial charge on any atom is 0.345 e. The minimum Gasteiger partial charge on any atom is -0.481 e. The van der Waals surface area contributed by atoms with Crippen molar-refractivity contribution in [3.05, 3.63) is 0 Å². The Morgan fingerprint density at radius 1 is 1.16 bits per heavy atom. The molecule has 110 valence electrons. The van der Waals surface area contributed by atoms with E-state index in [2.05, 4.69) is 9.78 Å². The van der Waals surface area contributed by atoms with Gasteiger partial charge in [0.05, 0.1) is 19.4 Å². The highest BCUT2D eigenvalue weighted by atomic mass is 17.2. The van der Waals surface area contributed by atoms with Gasteiger partial charge in [-0.2, -0.15) is 4.89 Å². The molecule has 0 aromatic carbocycles. The lowest BCUT2D eigenvalue weighted by Crippen LogP contribution is -2.43. The number of aliphatic carboxylic acids is 2. The minimum atomic E-state index is -2.82. The lowest BCUT2D eigenvalue weighted by molar-refractivity contribution is -0.285. The van der Waals surface area contributed by atoms with Crippen molar-refractivity contribution in [2.24, 2.45) is 0 Å². The van der Waals surface area contributed by atoms with Crippen LogP contribution in [0.15, 0.2) is 0 Å². The van der Waals surface area contributed by atoms with E-state index in [0.717, 1.165) is 0 Å². The third kappa shape index (κ3) is 6.67. The van der Waals surface area contributed by atoms with E-state index >= 15 is 0 Å². The normalized spacial score (nSPS) is 15.3. The smallest absolute Gasteiger partial charge is 0.345 e. The Labute approximate surface area is 106 Å². The number of rotatable bonds is 9. The summed E-state index contributed by atoms with van der Waals surface area (Å²) in [7, 11) is 0. The zero-order valence-corrected chi connectivity index (χ0v) is 9.68. The number of aliphatic hydroxyl groups is 3. The van der Waals surface area contributed by atoms with Gasteiger partial charge >= 0.3 is 17.9 Å². The summed E-state index contributed by atoms with van der Waals surface area (Å²) in [5, 5.41) is 43.8. The number of aliphatic hydroxyl groups excluding tert-OH is 2. The quantitative estimate of drug-likeness (QED) is 0.225. The molecule has 0 aliphatic heterocycles. The molecule has 19 heavy (non-hydrogen) atoms. The number of carboxylic acids is 2. The number of hydrogen-bond acceptors (Lipinski definition) is 8. The SMILES string of the molecule is O=C(O)CC(O)(CC(=O)OOCC(O)CO)C(=O)O. The number of hydrogen-bond donors (Lipinski definition) is 5. The average molecular weight is 282 g/mol. The van der Waals surface area contributed by atoms with Gasteiger partial charge in [-0.25, -0.2) is 9.59 Å². The highest BCUT2D eigenvalue weighted by Crippen LogP contribution is 2.17. The second-order valence-electron chi connectivity index (χ2n) is 3.66. The molecule has 0 saturated carbocycles. The first-order valence-corrected chi connectivity index (χ1v) is 5.00. The van der Waals surface area contributed by atoms with Gasteiger partial charge in [-0.3, -0.25) is 9.68 Å². The van der Waals surface area contributed by atoms with E-state index in [4.69, 9.17) is 20.4 Å². The fourth-order valence-corrected chi connectivity index (χ4v) is 0.963. The summed E-state index contributed by atoms with van der Waals surface area (Å²) < 4.78 is 0. The Morgan fingerprint density at radius 2 is 1.74 bits per heavy atom. The second-order valence-corrected chi connectivity index (χ2v) is 3.66. The Morgan fingerprint density at radius 3 is 2.16 bits per heavy atom. The molecular formula is C9H14O10. The van der Waals surface area contributed by atoms with Gasteiger partial charge in [-0.1, -0.05) is 0 Å². The van der Waals surface area contributed by atoms with Gasteiger partial charge in [0, 0.05) is 0 Å². The molecule has 0 aromatic rings. The lowest BCUT2D eigenvalue weighted by Gasteiger charge is -2.19. The fourth-order valence-electron chi connectivity index (χ4n) is 0.963. The van der Waals surface area contributed by atoms with Crippen molar-refractivity contribution >= 4 is 17.9 Å². The Kier molecular flexibility index (Phi) is 6.93. The number of carboxylic acid groups (broad SMARTS) is 2. The monoisotopic (exact) mass is 282 g/mol. The van der Waals surface area contributed by atoms with Crippen LogP contribution >= 0.6 is 0 Å². The molecular weight excluding hydrogens is 268 g/mol. The zero-order chi connectivity index (χ0) is 15.1. The van der Waals surface area contributed by atoms with E-state index < -0.39 is 55.7 Å². The predicted molar refractivity (Wildman–Crippen MR) is 54.6 cm³/mol. The molecule has 0 heterocycles. The highest BCUT2D eigenvalue weighted by molar-refractivity contribution is 5.88. The van der Waals surface area contributed by atoms with Gasteiger partial charge in [0.25, 0.3) is 0 Å². The van der Waals surface area contributed by atoms with Crippen molar-refractivity contribution in [1.29, 1.82) is 0 Å². The van der Waals surface area contributed by atoms with E-state index in [9.17, 15) is 19.5 Å². The standard InChI is InChI=1S/C9H14O10/c10-3-5(11)4-18-19-7(14)2-9(17,8(15)16)1-6(12)13/h5,10-11,17H,1-4H2,(H,12,13)(H,15,16). The molecule has 0 saturated heterocycles. The average Bonchev–Trinajstić information content (AvgIpc) is 2.27. The third-order valence-electron chi connectivity index (χ3n) is 1.90. The molecule has 0 radical (unpaired) electrons. The van der Waals surface area contributed by atoms with E-state index in [0.29, 0.717) is 0 Å². The van der Waals surface area contributed by atoms with Crippen LogP contribution < -0.4 is 0 Å². The molecule has 10 heteroatoms. The molecule has 0 aliphatic carbocycles. The number of carbonyl (C=O) groups excluding carboxylic acids is 1. The summed E-state index contributed by atoms with van der Waals surface area (Å²) in [6, 6.07) is 0. The van der Waals surface area contributed by atoms with Crippen molar-refractivity contribution in [1.82, 2.24) is 0 Å². The van der Waals surface area contributed by atoms with Crippen molar-refractivity contribution < 1.29 is 49.7 Å². The van der Waals surface area contributed by atoms with Crippen molar-refractivity contribution in [2.45, 2.75) is 24.5 Å². The molecule has 0 amide bonds. The molecule has 0 spiro atoms. The molecule has 5 N–H and O–H groups in total. The second kappa shape index (κ2) is 7.63. The summed E-state index contributed by atoms with van der Waals surface area (Å²) in [4.78, 5) is 40.4. The van der Waals surface area contributed by atoms with Crippen LogP contribution in [0.25, 0.3) is 0 Å². The lowest BCUT2D eigenvalue weighted by atomic mass is 9.96. The molecule has 2 unspecified atom stereocenters. The van der Waals surface area contributed by atoms with Gasteiger partial charge in [-0.15, -0.1) is 0 Å². The first kappa shape index (κ1) is 17.2. The molecule has 0 aliphatic rings. The van der Waals surface area contributed by atoms with Crippen LogP contribution in [-0.2, 0) is 24.2 Å². The molecule has 0 rings (SSSR count). The van der Waals surface area contributed by atoms with Crippen LogP contribution in [0.3, 0.4) is 0 Å². The predicted octanol–water partition coefficient (Wildman–Crippen LogP) is -2.51. The topological polar surface area (TPSA) is 171 Å². The Balaban J connectivity index is 4.33. The van der Waals surface area contributed by atoms with Crippen molar-refractivity contribution in [3.63, 3.8) is 0 Å². The summed E-state index contributed by atoms with van der Waals surface area (Å²) >= 11 is 0. The van der Waals surface area contributed by atoms with Crippen LogP contribution in [0.5, 0.6) is 0 Å². The largest absolute Gasteiger partial charge is 0.481 e. The zero-order valence-electron chi connectivity index (χ0n) is 9.68. The first-order valence-electron chi connectivity index (χ1n) is 5.00. The van der Waals surface area contributed by atoms with Gasteiger partial charge in [0.1, 0.15) is 12.7 Å². The summed E-state index contributed by atoms with van der Waals surface area (Å²) in [6.07, 6.45) is -3.65. The van der Waals surface area contributed by atoms with Crippen LogP contribution in [0.2, 0.25) is 0 Å². The van der Waals surface area contributed by atoms with Crippen LogP contribution in [0, 0.1) is 0 Å². The van der Waals surface area contributed by atoms with Crippen molar-refractivity contribution in [3.8, 4) is 0 Å². The van der Waals surface area contributed by atoms with Crippen LogP contribution in [0.4, 0.5) is 0 Å². The maximum atomic E-state index is 11.1. The van der Waals surface area contributed by atoms with Crippen LogP contribution in [0.1, 0.15) is 12.8 Å². The third-order valence-corrected chi connectivity index (χ3v) is 1.90. The molecule has 0 aromatic heterocycles. The van der Waals surface area contributed by atoms with Gasteiger partial charge in [0.2, 0.25) is 0 Å². The summed E-state index contributed by atoms with van der Waals surface area (Å²) in [5.41, 5.74) is -2.82. The number of carbonyl (C=O) groups is 3. The van der Waals surface area contributed by atoms with E-state index in [1.807, 2.05) is 0 Å². The Bertz CT molecular complexity index is 340. The fraction of sp³-hybridized carbons (Fsp3) is 0.667. The molecule has 2 atom stereocenters. The summed E-state index contributed by atoms with van der Waals surface area (Å²) in [5.74, 6) is -4.85. The Hall–Kier alpha value is -1.75. The maximum absolute atomic E-state index is 11.1. The minimum absolute atomic E-state index is 0.563. The van der Waals surface area contributed by atoms with Crippen LogP contribution in [-0.4, -0.2) is 68.4 Å². The van der Waals surface area contributed by atoms with Gasteiger partial charge in [0.15, 0.2) is 5.60 Å². The van der Waals surface area contributed by atoms with Crippen molar-refractivity contribution in [2.75, 3.05) is 13.2 Å². The highest BCUT2D eigenvalue weighted by Gasteiger charge is 2.41. The molecule has 0 bridgehead atoms. The van der Waals surface area contributed by atoms with E-state index in [1.165, 1.54) is 0 Å². The first-order chi connectivity index (χ1) is 8.71. The molecule has 0 fully saturated rings. The van der Waals surface area contributed by atoms with E-state index in [-0.39, 0.29) is 0 Å². The summed E-state index contributed by atoms with van der Waals surface area (Å²) in [6.45, 7) is -1.21. The van der Waals surface area contributed by atoms with Gasteiger partial charge < -0.3 is 25.5 Å².